The zero-order valence-corrected chi connectivity index (χ0v) is 9.80. The minimum absolute atomic E-state index is 0.0893. The summed E-state index contributed by atoms with van der Waals surface area (Å²) in [7, 11) is 1.35. The number of allylic oxidation sites excluding steroid dienone is 1. The van der Waals surface area contributed by atoms with Gasteiger partial charge in [-0.3, -0.25) is 0 Å². The summed E-state index contributed by atoms with van der Waals surface area (Å²) >= 11 is 5.62. The predicted molar refractivity (Wildman–Crippen MR) is 56.2 cm³/mol. The van der Waals surface area contributed by atoms with Crippen molar-refractivity contribution in [3.05, 3.63) is 11.1 Å². The van der Waals surface area contributed by atoms with E-state index in [9.17, 15) is 4.79 Å². The Morgan fingerprint density at radius 3 is 2.43 bits per heavy atom. The van der Waals surface area contributed by atoms with E-state index in [0.717, 1.165) is 0 Å². The number of ether oxygens (including phenoxy) is 2. The average molecular weight is 221 g/mol. The summed E-state index contributed by atoms with van der Waals surface area (Å²) in [5, 5.41) is 0.650. The van der Waals surface area contributed by atoms with Crippen molar-refractivity contribution in [1.29, 1.82) is 0 Å². The van der Waals surface area contributed by atoms with E-state index in [1.165, 1.54) is 7.11 Å². The number of carbonyl (C=O) groups excluding carboxylic acids is 1. The van der Waals surface area contributed by atoms with Crippen LogP contribution in [0.1, 0.15) is 20.8 Å². The van der Waals surface area contributed by atoms with Gasteiger partial charge in [-0.25, -0.2) is 4.79 Å². The minimum atomic E-state index is -0.521. The van der Waals surface area contributed by atoms with E-state index >= 15 is 0 Å². The van der Waals surface area contributed by atoms with Gasteiger partial charge in [0.25, 0.3) is 0 Å². The Bertz CT molecular complexity index is 207. The molecule has 0 heterocycles. The van der Waals surface area contributed by atoms with Gasteiger partial charge in [0, 0.05) is 5.03 Å². The van der Waals surface area contributed by atoms with Crippen molar-refractivity contribution in [2.75, 3.05) is 13.7 Å². The summed E-state index contributed by atoms with van der Waals surface area (Å²) in [6.45, 7) is 5.89. The highest BCUT2D eigenvalue weighted by Crippen LogP contribution is 2.09. The molecule has 0 bridgehead atoms. The fourth-order valence-electron chi connectivity index (χ4n) is 0.915. The first-order valence-electron chi connectivity index (χ1n) is 4.50. The van der Waals surface area contributed by atoms with Crippen molar-refractivity contribution in [3.8, 4) is 0 Å². The van der Waals surface area contributed by atoms with Crippen LogP contribution in [-0.4, -0.2) is 25.8 Å². The van der Waals surface area contributed by atoms with E-state index in [4.69, 9.17) is 16.3 Å². The maximum Gasteiger partial charge on any atom is 0.335 e. The Balaban J connectivity index is 4.11. The Labute approximate surface area is 90.0 Å². The van der Waals surface area contributed by atoms with Crippen molar-refractivity contribution < 1.29 is 14.3 Å². The van der Waals surface area contributed by atoms with Crippen LogP contribution >= 0.6 is 11.6 Å². The minimum Gasteiger partial charge on any atom is -0.467 e. The third-order valence-corrected chi connectivity index (χ3v) is 1.83. The Morgan fingerprint density at radius 2 is 2.07 bits per heavy atom. The topological polar surface area (TPSA) is 35.5 Å². The van der Waals surface area contributed by atoms with Gasteiger partial charge in [0.05, 0.1) is 13.7 Å². The molecule has 0 saturated carbocycles. The largest absolute Gasteiger partial charge is 0.467 e. The van der Waals surface area contributed by atoms with Crippen molar-refractivity contribution in [2.45, 2.75) is 26.9 Å². The zero-order chi connectivity index (χ0) is 11.1. The highest BCUT2D eigenvalue weighted by atomic mass is 35.5. The number of rotatable bonds is 5. The van der Waals surface area contributed by atoms with Crippen molar-refractivity contribution in [2.24, 2.45) is 5.92 Å². The number of methoxy groups -OCH3 is 1. The molecule has 1 unspecified atom stereocenters. The quantitative estimate of drug-likeness (QED) is 0.668. The molecule has 0 aromatic carbocycles. The van der Waals surface area contributed by atoms with Crippen LogP contribution in [0.2, 0.25) is 0 Å². The van der Waals surface area contributed by atoms with E-state index in [2.05, 4.69) is 4.74 Å². The Kier molecular flexibility index (Phi) is 6.58. The molecule has 0 rings (SSSR count). The van der Waals surface area contributed by atoms with Crippen LogP contribution in [-0.2, 0) is 14.3 Å². The molecule has 14 heavy (non-hydrogen) atoms. The smallest absolute Gasteiger partial charge is 0.335 e. The lowest BCUT2D eigenvalue weighted by Gasteiger charge is -2.17. The average Bonchev–Trinajstić information content (AvgIpc) is 2.10. The highest BCUT2D eigenvalue weighted by Gasteiger charge is 2.22. The van der Waals surface area contributed by atoms with Crippen LogP contribution in [0, 0.1) is 5.92 Å². The highest BCUT2D eigenvalue weighted by molar-refractivity contribution is 6.29. The molecule has 0 aromatic rings. The monoisotopic (exact) mass is 220 g/mol. The summed E-state index contributed by atoms with van der Waals surface area (Å²) in [5.74, 6) is -0.257. The van der Waals surface area contributed by atoms with Gasteiger partial charge in [-0.1, -0.05) is 25.4 Å². The van der Waals surface area contributed by atoms with Crippen LogP contribution in [0.25, 0.3) is 0 Å². The third kappa shape index (κ3) is 5.25. The lowest BCUT2D eigenvalue weighted by molar-refractivity contribution is -0.156. The number of hydrogen-bond acceptors (Lipinski definition) is 3. The lowest BCUT2D eigenvalue weighted by Crippen LogP contribution is -2.30. The molecule has 4 heteroatoms. The number of hydrogen-bond donors (Lipinski definition) is 0. The summed E-state index contributed by atoms with van der Waals surface area (Å²) in [5.41, 5.74) is 0. The Morgan fingerprint density at radius 1 is 1.50 bits per heavy atom. The molecule has 0 aliphatic heterocycles. The predicted octanol–water partition coefficient (Wildman–Crippen LogP) is 2.34. The summed E-state index contributed by atoms with van der Waals surface area (Å²) in [6, 6.07) is 0. The fraction of sp³-hybridized carbons (Fsp3) is 0.700. The Hall–Kier alpha value is -0.540. The maximum atomic E-state index is 11.2. The number of esters is 1. The van der Waals surface area contributed by atoms with Crippen LogP contribution in [0.15, 0.2) is 11.1 Å². The molecule has 1 atom stereocenters. The van der Waals surface area contributed by atoms with E-state index in [1.807, 2.05) is 13.8 Å². The fourth-order valence-corrected chi connectivity index (χ4v) is 0.978. The molecule has 0 saturated heterocycles. The van der Waals surface area contributed by atoms with Crippen molar-refractivity contribution in [1.82, 2.24) is 0 Å². The van der Waals surface area contributed by atoms with Crippen LogP contribution < -0.4 is 0 Å². The molecular weight excluding hydrogens is 204 g/mol. The number of carbonyl (C=O) groups is 1. The molecule has 0 fully saturated rings. The van der Waals surface area contributed by atoms with Crippen LogP contribution in [0.5, 0.6) is 0 Å². The van der Waals surface area contributed by atoms with E-state index in [0.29, 0.717) is 11.6 Å². The van der Waals surface area contributed by atoms with Gasteiger partial charge in [0.15, 0.2) is 6.10 Å². The molecule has 3 nitrogen and oxygen atoms in total. The van der Waals surface area contributed by atoms with Gasteiger partial charge >= 0.3 is 5.97 Å². The van der Waals surface area contributed by atoms with Crippen LogP contribution in [0.3, 0.4) is 0 Å². The molecule has 0 N–H and O–H groups in total. The molecule has 82 valence electrons. The van der Waals surface area contributed by atoms with Gasteiger partial charge < -0.3 is 9.47 Å². The molecular formula is C10H17ClO3. The van der Waals surface area contributed by atoms with Gasteiger partial charge in [0.1, 0.15) is 0 Å². The molecule has 0 amide bonds. The van der Waals surface area contributed by atoms with Crippen molar-refractivity contribution in [3.63, 3.8) is 0 Å². The maximum absolute atomic E-state index is 11.2. The first-order valence-corrected chi connectivity index (χ1v) is 4.88. The second-order valence-electron chi connectivity index (χ2n) is 3.31. The molecule has 0 aromatic heterocycles. The summed E-state index contributed by atoms with van der Waals surface area (Å²) < 4.78 is 9.95. The van der Waals surface area contributed by atoms with Crippen LogP contribution in [0.4, 0.5) is 0 Å². The van der Waals surface area contributed by atoms with Crippen molar-refractivity contribution >= 4 is 17.6 Å². The summed E-state index contributed by atoms with van der Waals surface area (Å²) in [4.78, 5) is 11.2. The summed E-state index contributed by atoms with van der Waals surface area (Å²) in [6.07, 6.45) is 1.19. The van der Waals surface area contributed by atoms with Gasteiger partial charge in [-0.15, -0.1) is 0 Å². The van der Waals surface area contributed by atoms with Gasteiger partial charge in [-0.05, 0) is 18.9 Å². The second-order valence-corrected chi connectivity index (χ2v) is 3.91. The molecule has 0 aliphatic carbocycles. The first-order chi connectivity index (χ1) is 6.49. The lowest BCUT2D eigenvalue weighted by atomic mass is 10.1. The van der Waals surface area contributed by atoms with Gasteiger partial charge in [-0.2, -0.15) is 0 Å². The van der Waals surface area contributed by atoms with E-state index in [-0.39, 0.29) is 11.9 Å². The second kappa shape index (κ2) is 6.85. The third-order valence-electron chi connectivity index (χ3n) is 1.68. The zero-order valence-electron chi connectivity index (χ0n) is 9.04. The first kappa shape index (κ1) is 13.5. The van der Waals surface area contributed by atoms with Gasteiger partial charge in [0.2, 0.25) is 0 Å². The molecule has 0 aliphatic rings. The van der Waals surface area contributed by atoms with E-state index < -0.39 is 6.10 Å². The number of halogens is 1. The molecule has 0 radical (unpaired) electrons. The van der Waals surface area contributed by atoms with E-state index in [1.54, 1.807) is 13.0 Å². The molecule has 0 spiro atoms. The standard InChI is InChI=1S/C10H17ClO3/c1-7(2)9(10(12)13-4)14-6-5-8(3)11/h5,7,9H,6H2,1-4H3/b8-5-. The normalized spacial score (nSPS) is 14.3. The SMILES string of the molecule is COC(=O)C(OC/C=C(/C)Cl)C(C)C.